The van der Waals surface area contributed by atoms with Crippen LogP contribution >= 0.6 is 0 Å². The third-order valence-electron chi connectivity index (χ3n) is 5.15. The standard InChI is InChI=1S/C19H23N3O3/c23-16-7-2-1-4-15(16)11-20-18(24)14-6-3-5-13(10-14)17-21-19(25-22-17)12-8-9-12/h3,5-6,10,12,15-16,23H,1-2,4,7-9,11H2,(H,20,24)/t15-,16+/m0/s1. The van der Waals surface area contributed by atoms with E-state index in [-0.39, 0.29) is 17.9 Å². The van der Waals surface area contributed by atoms with E-state index < -0.39 is 0 Å². The van der Waals surface area contributed by atoms with Gasteiger partial charge in [0.2, 0.25) is 11.7 Å². The highest BCUT2D eigenvalue weighted by atomic mass is 16.5. The van der Waals surface area contributed by atoms with Crippen LogP contribution in [0.5, 0.6) is 0 Å². The maximum absolute atomic E-state index is 12.4. The minimum Gasteiger partial charge on any atom is -0.393 e. The smallest absolute Gasteiger partial charge is 0.251 e. The topological polar surface area (TPSA) is 88.2 Å². The summed E-state index contributed by atoms with van der Waals surface area (Å²) in [6.45, 7) is 0.512. The van der Waals surface area contributed by atoms with Gasteiger partial charge in [-0.15, -0.1) is 0 Å². The maximum Gasteiger partial charge on any atom is 0.251 e. The summed E-state index contributed by atoms with van der Waals surface area (Å²) in [7, 11) is 0. The molecule has 0 radical (unpaired) electrons. The fraction of sp³-hybridized carbons (Fsp3) is 0.526. The minimum absolute atomic E-state index is 0.134. The summed E-state index contributed by atoms with van der Waals surface area (Å²) in [6.07, 6.45) is 5.90. The Bertz CT molecular complexity index is 754. The van der Waals surface area contributed by atoms with E-state index in [9.17, 15) is 9.90 Å². The van der Waals surface area contributed by atoms with Crippen LogP contribution in [-0.2, 0) is 0 Å². The molecule has 1 aromatic heterocycles. The highest BCUT2D eigenvalue weighted by Crippen LogP contribution is 2.39. The molecule has 2 atom stereocenters. The van der Waals surface area contributed by atoms with E-state index in [1.807, 2.05) is 12.1 Å². The van der Waals surface area contributed by atoms with E-state index in [1.165, 1.54) is 0 Å². The predicted octanol–water partition coefficient (Wildman–Crippen LogP) is 2.89. The second-order valence-electron chi connectivity index (χ2n) is 7.13. The van der Waals surface area contributed by atoms with Crippen molar-refractivity contribution in [3.63, 3.8) is 0 Å². The molecule has 25 heavy (non-hydrogen) atoms. The summed E-state index contributed by atoms with van der Waals surface area (Å²) < 4.78 is 5.29. The highest BCUT2D eigenvalue weighted by molar-refractivity contribution is 5.95. The van der Waals surface area contributed by atoms with Gasteiger partial charge in [0.05, 0.1) is 6.10 Å². The van der Waals surface area contributed by atoms with Crippen LogP contribution in [-0.4, -0.2) is 33.8 Å². The molecule has 1 aromatic carbocycles. The average Bonchev–Trinajstić information content (AvgIpc) is 3.38. The lowest BCUT2D eigenvalue weighted by Crippen LogP contribution is -2.36. The predicted molar refractivity (Wildman–Crippen MR) is 92.0 cm³/mol. The highest BCUT2D eigenvalue weighted by Gasteiger charge is 2.30. The zero-order chi connectivity index (χ0) is 17.2. The Morgan fingerprint density at radius 2 is 2.08 bits per heavy atom. The van der Waals surface area contributed by atoms with Crippen molar-refractivity contribution in [2.75, 3.05) is 6.54 Å². The first-order valence-corrected chi connectivity index (χ1v) is 9.11. The molecule has 2 aliphatic carbocycles. The summed E-state index contributed by atoms with van der Waals surface area (Å²) in [5.41, 5.74) is 1.35. The summed E-state index contributed by atoms with van der Waals surface area (Å²) in [5.74, 6) is 1.65. The monoisotopic (exact) mass is 341 g/mol. The molecule has 6 heteroatoms. The molecule has 2 aromatic rings. The Morgan fingerprint density at radius 3 is 2.88 bits per heavy atom. The molecule has 132 valence electrons. The van der Waals surface area contributed by atoms with Gasteiger partial charge in [0.25, 0.3) is 5.91 Å². The van der Waals surface area contributed by atoms with Gasteiger partial charge in [0.1, 0.15) is 0 Å². The number of nitrogens with zero attached hydrogens (tertiary/aromatic N) is 2. The van der Waals surface area contributed by atoms with Gasteiger partial charge in [0, 0.05) is 29.5 Å². The number of nitrogens with one attached hydrogen (secondary N) is 1. The van der Waals surface area contributed by atoms with Crippen molar-refractivity contribution in [1.29, 1.82) is 0 Å². The molecule has 0 aliphatic heterocycles. The minimum atomic E-state index is -0.305. The molecule has 0 bridgehead atoms. The van der Waals surface area contributed by atoms with Gasteiger partial charge >= 0.3 is 0 Å². The molecule has 2 fully saturated rings. The number of rotatable bonds is 5. The lowest BCUT2D eigenvalue weighted by atomic mass is 9.86. The molecular weight excluding hydrogens is 318 g/mol. The number of carbonyl (C=O) groups excluding carboxylic acids is 1. The number of hydrogen-bond donors (Lipinski definition) is 2. The average molecular weight is 341 g/mol. The number of aromatic nitrogens is 2. The fourth-order valence-corrected chi connectivity index (χ4v) is 3.40. The Labute approximate surface area is 146 Å². The fourth-order valence-electron chi connectivity index (χ4n) is 3.40. The van der Waals surface area contributed by atoms with Crippen molar-refractivity contribution in [2.45, 2.75) is 50.5 Å². The van der Waals surface area contributed by atoms with Crippen molar-refractivity contribution >= 4 is 5.91 Å². The number of carbonyl (C=O) groups is 1. The van der Waals surface area contributed by atoms with E-state index in [1.54, 1.807) is 12.1 Å². The van der Waals surface area contributed by atoms with Crippen LogP contribution in [0, 0.1) is 5.92 Å². The molecule has 1 amide bonds. The van der Waals surface area contributed by atoms with Crippen molar-refractivity contribution in [1.82, 2.24) is 15.5 Å². The van der Waals surface area contributed by atoms with Gasteiger partial charge in [-0.1, -0.05) is 30.1 Å². The first kappa shape index (κ1) is 16.3. The first-order chi connectivity index (χ1) is 12.2. The van der Waals surface area contributed by atoms with E-state index in [4.69, 9.17) is 4.52 Å². The number of aliphatic hydroxyl groups excluding tert-OH is 1. The number of benzene rings is 1. The van der Waals surface area contributed by atoms with Gasteiger partial charge < -0.3 is 14.9 Å². The molecule has 2 aliphatic rings. The molecule has 1 heterocycles. The van der Waals surface area contributed by atoms with Crippen LogP contribution < -0.4 is 5.32 Å². The molecule has 0 unspecified atom stereocenters. The molecular formula is C19H23N3O3. The summed E-state index contributed by atoms with van der Waals surface area (Å²) in [6, 6.07) is 7.27. The second-order valence-corrected chi connectivity index (χ2v) is 7.13. The summed E-state index contributed by atoms with van der Waals surface area (Å²) in [5, 5.41) is 17.0. The normalized spacial score (nSPS) is 23.4. The third kappa shape index (κ3) is 3.74. The van der Waals surface area contributed by atoms with Crippen LogP contribution in [0.4, 0.5) is 0 Å². The molecule has 0 saturated heterocycles. The Kier molecular flexibility index (Phi) is 4.53. The van der Waals surface area contributed by atoms with Crippen molar-refractivity contribution in [3.05, 3.63) is 35.7 Å². The quantitative estimate of drug-likeness (QED) is 0.873. The maximum atomic E-state index is 12.4. The van der Waals surface area contributed by atoms with Gasteiger partial charge in [-0.25, -0.2) is 0 Å². The molecule has 6 nitrogen and oxygen atoms in total. The summed E-state index contributed by atoms with van der Waals surface area (Å²) in [4.78, 5) is 16.9. The van der Waals surface area contributed by atoms with Gasteiger partial charge in [-0.05, 0) is 37.8 Å². The lowest BCUT2D eigenvalue weighted by molar-refractivity contribution is 0.0663. The number of hydrogen-bond acceptors (Lipinski definition) is 5. The lowest BCUT2D eigenvalue weighted by Gasteiger charge is -2.27. The molecule has 2 N–H and O–H groups in total. The van der Waals surface area contributed by atoms with Crippen LogP contribution in [0.1, 0.15) is 60.7 Å². The van der Waals surface area contributed by atoms with Crippen molar-refractivity contribution in [3.8, 4) is 11.4 Å². The van der Waals surface area contributed by atoms with Crippen molar-refractivity contribution < 1.29 is 14.4 Å². The van der Waals surface area contributed by atoms with E-state index >= 15 is 0 Å². The first-order valence-electron chi connectivity index (χ1n) is 9.11. The number of amides is 1. The largest absolute Gasteiger partial charge is 0.393 e. The Hall–Kier alpha value is -2.21. The zero-order valence-corrected chi connectivity index (χ0v) is 14.1. The van der Waals surface area contributed by atoms with Crippen LogP contribution in [0.25, 0.3) is 11.4 Å². The molecule has 4 rings (SSSR count). The second kappa shape index (κ2) is 6.96. The van der Waals surface area contributed by atoms with Crippen LogP contribution in [0.2, 0.25) is 0 Å². The van der Waals surface area contributed by atoms with E-state index in [0.29, 0.717) is 29.7 Å². The third-order valence-corrected chi connectivity index (χ3v) is 5.15. The number of aliphatic hydroxyl groups is 1. The SMILES string of the molecule is O=C(NC[C@@H]1CCCC[C@H]1O)c1cccc(-c2noc(C3CC3)n2)c1. The zero-order valence-electron chi connectivity index (χ0n) is 14.1. The van der Waals surface area contributed by atoms with E-state index in [2.05, 4.69) is 15.5 Å². The molecule has 2 saturated carbocycles. The Balaban J connectivity index is 1.42. The van der Waals surface area contributed by atoms with Crippen LogP contribution in [0.3, 0.4) is 0 Å². The van der Waals surface area contributed by atoms with Crippen molar-refractivity contribution in [2.24, 2.45) is 5.92 Å². The van der Waals surface area contributed by atoms with Gasteiger partial charge in [-0.3, -0.25) is 4.79 Å². The van der Waals surface area contributed by atoms with Crippen LogP contribution in [0.15, 0.2) is 28.8 Å². The summed E-state index contributed by atoms with van der Waals surface area (Å²) >= 11 is 0. The Morgan fingerprint density at radius 1 is 1.24 bits per heavy atom. The van der Waals surface area contributed by atoms with Gasteiger partial charge in [-0.2, -0.15) is 4.98 Å². The molecule has 0 spiro atoms. The van der Waals surface area contributed by atoms with Gasteiger partial charge in [0.15, 0.2) is 0 Å². The van der Waals surface area contributed by atoms with E-state index in [0.717, 1.165) is 44.1 Å².